The van der Waals surface area contributed by atoms with E-state index in [-0.39, 0.29) is 17.9 Å². The number of esters is 1. The third-order valence-electron chi connectivity index (χ3n) is 2.36. The van der Waals surface area contributed by atoms with Gasteiger partial charge < -0.3 is 10.5 Å². The lowest BCUT2D eigenvalue weighted by molar-refractivity contribution is 0.0474. The molecule has 0 bridgehead atoms. The SMILES string of the molecule is Cn1cc(COC(=O)c2ccc(F)cc2N)cn1. The molecule has 0 saturated carbocycles. The maximum Gasteiger partial charge on any atom is 0.340 e. The Hall–Kier alpha value is -2.37. The molecule has 0 unspecified atom stereocenters. The molecule has 1 aromatic heterocycles. The Kier molecular flexibility index (Phi) is 3.27. The van der Waals surface area contributed by atoms with Gasteiger partial charge in [0.05, 0.1) is 11.8 Å². The molecule has 0 radical (unpaired) electrons. The van der Waals surface area contributed by atoms with Crippen molar-refractivity contribution in [2.45, 2.75) is 6.61 Å². The molecule has 0 aliphatic heterocycles. The summed E-state index contributed by atoms with van der Waals surface area (Å²) in [6.45, 7) is 0.101. The number of benzene rings is 1. The minimum Gasteiger partial charge on any atom is -0.457 e. The van der Waals surface area contributed by atoms with E-state index >= 15 is 0 Å². The van der Waals surface area contributed by atoms with E-state index in [4.69, 9.17) is 10.5 Å². The zero-order chi connectivity index (χ0) is 13.1. The van der Waals surface area contributed by atoms with Crippen LogP contribution in [0.1, 0.15) is 15.9 Å². The Balaban J connectivity index is 2.03. The number of nitrogens with zero attached hydrogens (tertiary/aromatic N) is 2. The highest BCUT2D eigenvalue weighted by Crippen LogP contribution is 2.15. The largest absolute Gasteiger partial charge is 0.457 e. The summed E-state index contributed by atoms with van der Waals surface area (Å²) in [5.74, 6) is -1.08. The summed E-state index contributed by atoms with van der Waals surface area (Å²) in [4.78, 5) is 11.7. The zero-order valence-corrected chi connectivity index (χ0v) is 9.76. The van der Waals surface area contributed by atoms with E-state index in [1.807, 2.05) is 0 Å². The number of aryl methyl sites for hydroxylation is 1. The number of nitrogen functional groups attached to an aromatic ring is 1. The molecule has 0 fully saturated rings. The van der Waals surface area contributed by atoms with Gasteiger partial charge in [0.1, 0.15) is 12.4 Å². The van der Waals surface area contributed by atoms with Gasteiger partial charge in [-0.15, -0.1) is 0 Å². The molecule has 1 heterocycles. The van der Waals surface area contributed by atoms with E-state index in [9.17, 15) is 9.18 Å². The van der Waals surface area contributed by atoms with Crippen LogP contribution < -0.4 is 5.73 Å². The topological polar surface area (TPSA) is 70.1 Å². The Morgan fingerprint density at radius 3 is 2.94 bits per heavy atom. The number of anilines is 1. The van der Waals surface area contributed by atoms with E-state index in [1.165, 1.54) is 6.07 Å². The molecule has 6 heteroatoms. The van der Waals surface area contributed by atoms with E-state index in [0.717, 1.165) is 17.7 Å². The predicted octanol–water partition coefficient (Wildman–Crippen LogP) is 1.50. The smallest absolute Gasteiger partial charge is 0.340 e. The van der Waals surface area contributed by atoms with Gasteiger partial charge in [-0.3, -0.25) is 4.68 Å². The van der Waals surface area contributed by atoms with Gasteiger partial charge in [-0.05, 0) is 18.2 Å². The van der Waals surface area contributed by atoms with Crippen molar-refractivity contribution in [1.82, 2.24) is 9.78 Å². The molecule has 0 saturated heterocycles. The number of aromatic nitrogens is 2. The van der Waals surface area contributed by atoms with E-state index < -0.39 is 11.8 Å². The summed E-state index contributed by atoms with van der Waals surface area (Å²) in [7, 11) is 1.77. The average Bonchev–Trinajstić information content (AvgIpc) is 2.72. The molecule has 0 atom stereocenters. The fraction of sp³-hybridized carbons (Fsp3) is 0.167. The van der Waals surface area contributed by atoms with Gasteiger partial charge in [-0.2, -0.15) is 5.10 Å². The number of halogens is 1. The summed E-state index contributed by atoms with van der Waals surface area (Å²) in [6.07, 6.45) is 3.34. The van der Waals surface area contributed by atoms with E-state index in [1.54, 1.807) is 24.1 Å². The average molecular weight is 249 g/mol. The van der Waals surface area contributed by atoms with Crippen molar-refractivity contribution < 1.29 is 13.9 Å². The number of nitrogens with two attached hydrogens (primary N) is 1. The van der Waals surface area contributed by atoms with Crippen molar-refractivity contribution in [2.24, 2.45) is 7.05 Å². The molecule has 2 N–H and O–H groups in total. The van der Waals surface area contributed by atoms with Gasteiger partial charge in [0, 0.05) is 24.5 Å². The van der Waals surface area contributed by atoms with Crippen LogP contribution >= 0.6 is 0 Å². The molecule has 0 aliphatic rings. The first-order valence-corrected chi connectivity index (χ1v) is 5.26. The van der Waals surface area contributed by atoms with E-state index in [0.29, 0.717) is 0 Å². The number of hydrogen-bond donors (Lipinski definition) is 1. The first-order chi connectivity index (χ1) is 8.56. The lowest BCUT2D eigenvalue weighted by Gasteiger charge is -2.05. The Bertz CT molecular complexity index is 580. The summed E-state index contributed by atoms with van der Waals surface area (Å²) in [5.41, 5.74) is 6.52. The van der Waals surface area contributed by atoms with Crippen LogP contribution in [0.25, 0.3) is 0 Å². The van der Waals surface area contributed by atoms with Gasteiger partial charge >= 0.3 is 5.97 Å². The number of ether oxygens (including phenoxy) is 1. The third kappa shape index (κ3) is 2.65. The third-order valence-corrected chi connectivity index (χ3v) is 2.36. The molecule has 0 amide bonds. The second-order valence-corrected chi connectivity index (χ2v) is 3.83. The van der Waals surface area contributed by atoms with Crippen molar-refractivity contribution >= 4 is 11.7 Å². The van der Waals surface area contributed by atoms with Gasteiger partial charge in [0.2, 0.25) is 0 Å². The second kappa shape index (κ2) is 4.87. The molecule has 1 aromatic carbocycles. The molecule has 18 heavy (non-hydrogen) atoms. The zero-order valence-electron chi connectivity index (χ0n) is 9.76. The van der Waals surface area contributed by atoms with Gasteiger partial charge in [0.15, 0.2) is 0 Å². The maximum absolute atomic E-state index is 12.8. The molecular weight excluding hydrogens is 237 g/mol. The van der Waals surface area contributed by atoms with Crippen LogP contribution in [0, 0.1) is 5.82 Å². The molecule has 2 rings (SSSR count). The van der Waals surface area contributed by atoms with Crippen molar-refractivity contribution in [3.8, 4) is 0 Å². The van der Waals surface area contributed by atoms with Crippen molar-refractivity contribution in [3.05, 3.63) is 47.5 Å². The standard InChI is InChI=1S/C12H12FN3O2/c1-16-6-8(5-15-16)7-18-12(17)10-3-2-9(13)4-11(10)14/h2-6H,7,14H2,1H3. The highest BCUT2D eigenvalue weighted by molar-refractivity contribution is 5.94. The Morgan fingerprint density at radius 2 is 2.33 bits per heavy atom. The lowest BCUT2D eigenvalue weighted by atomic mass is 10.2. The number of carbonyl (C=O) groups is 1. The fourth-order valence-electron chi connectivity index (χ4n) is 1.49. The monoisotopic (exact) mass is 249 g/mol. The number of carbonyl (C=O) groups excluding carboxylic acids is 1. The number of rotatable bonds is 3. The summed E-state index contributed by atoms with van der Waals surface area (Å²) in [5, 5.41) is 3.95. The molecule has 2 aromatic rings. The van der Waals surface area contributed by atoms with Gasteiger partial charge in [-0.25, -0.2) is 9.18 Å². The van der Waals surface area contributed by atoms with Crippen molar-refractivity contribution in [3.63, 3.8) is 0 Å². The first-order valence-electron chi connectivity index (χ1n) is 5.26. The molecule has 94 valence electrons. The van der Waals surface area contributed by atoms with Crippen LogP contribution in [-0.4, -0.2) is 15.7 Å². The van der Waals surface area contributed by atoms with Crippen LogP contribution in [0.3, 0.4) is 0 Å². The summed E-state index contributed by atoms with van der Waals surface area (Å²) >= 11 is 0. The number of hydrogen-bond acceptors (Lipinski definition) is 4. The molecule has 5 nitrogen and oxygen atoms in total. The summed E-state index contributed by atoms with van der Waals surface area (Å²) in [6, 6.07) is 3.55. The van der Waals surface area contributed by atoms with Gasteiger partial charge in [-0.1, -0.05) is 0 Å². The van der Waals surface area contributed by atoms with Crippen LogP contribution in [0.4, 0.5) is 10.1 Å². The highest BCUT2D eigenvalue weighted by atomic mass is 19.1. The summed E-state index contributed by atoms with van der Waals surface area (Å²) < 4.78 is 19.5. The second-order valence-electron chi connectivity index (χ2n) is 3.83. The first kappa shape index (κ1) is 12.1. The molecule has 0 aliphatic carbocycles. The van der Waals surface area contributed by atoms with Crippen LogP contribution in [-0.2, 0) is 18.4 Å². The quantitative estimate of drug-likeness (QED) is 0.661. The van der Waals surface area contributed by atoms with Crippen molar-refractivity contribution in [2.75, 3.05) is 5.73 Å². The van der Waals surface area contributed by atoms with Crippen molar-refractivity contribution in [1.29, 1.82) is 0 Å². The van der Waals surface area contributed by atoms with Crippen LogP contribution in [0.15, 0.2) is 30.6 Å². The normalized spacial score (nSPS) is 10.3. The predicted molar refractivity (Wildman–Crippen MR) is 63.1 cm³/mol. The van der Waals surface area contributed by atoms with Crippen LogP contribution in [0.5, 0.6) is 0 Å². The Labute approximate surface area is 103 Å². The van der Waals surface area contributed by atoms with Crippen LogP contribution in [0.2, 0.25) is 0 Å². The maximum atomic E-state index is 12.8. The lowest BCUT2D eigenvalue weighted by Crippen LogP contribution is -2.08. The Morgan fingerprint density at radius 1 is 1.56 bits per heavy atom. The van der Waals surface area contributed by atoms with Gasteiger partial charge in [0.25, 0.3) is 0 Å². The fourth-order valence-corrected chi connectivity index (χ4v) is 1.49. The van der Waals surface area contributed by atoms with E-state index in [2.05, 4.69) is 5.10 Å². The highest BCUT2D eigenvalue weighted by Gasteiger charge is 2.12. The minimum atomic E-state index is -0.587. The minimum absolute atomic E-state index is 0.0613. The molecule has 0 spiro atoms. The molecular formula is C12H12FN3O2.